The Balaban J connectivity index is 2.23. The molecule has 0 fully saturated rings. The molecule has 0 amide bonds. The molecular formula is C23H29FO6. The van der Waals surface area contributed by atoms with Crippen molar-refractivity contribution in [2.75, 3.05) is 13.7 Å². The molecule has 0 radical (unpaired) electrons. The maximum Gasteiger partial charge on any atom is 0.305 e. The summed E-state index contributed by atoms with van der Waals surface area (Å²) < 4.78 is 22.6. The molecule has 3 unspecified atom stereocenters. The summed E-state index contributed by atoms with van der Waals surface area (Å²) in [6, 6.07) is 5.54. The number of halogens is 1. The van der Waals surface area contributed by atoms with Crippen LogP contribution in [0.25, 0.3) is 0 Å². The highest BCUT2D eigenvalue weighted by Crippen LogP contribution is 2.11. The van der Waals surface area contributed by atoms with Gasteiger partial charge < -0.3 is 24.8 Å². The van der Waals surface area contributed by atoms with Crippen LogP contribution in [0.3, 0.4) is 0 Å². The molecule has 164 valence electrons. The van der Waals surface area contributed by atoms with Crippen LogP contribution in [-0.4, -0.2) is 53.3 Å². The second-order valence-corrected chi connectivity index (χ2v) is 6.40. The van der Waals surface area contributed by atoms with E-state index >= 15 is 0 Å². The van der Waals surface area contributed by atoms with Crippen LogP contribution in [-0.2, 0) is 9.53 Å². The van der Waals surface area contributed by atoms with E-state index in [0.717, 1.165) is 0 Å². The number of esters is 1. The number of methoxy groups -OCH3 is 1. The molecule has 0 aliphatic heterocycles. The predicted octanol–water partition coefficient (Wildman–Crippen LogP) is 2.86. The second-order valence-electron chi connectivity index (χ2n) is 6.40. The third kappa shape index (κ3) is 12.0. The number of rotatable bonds is 13. The number of ether oxygens (including phenoxy) is 2. The van der Waals surface area contributed by atoms with Gasteiger partial charge >= 0.3 is 5.97 Å². The molecule has 0 saturated carbocycles. The summed E-state index contributed by atoms with van der Waals surface area (Å²) in [5.41, 5.74) is 0. The number of carbonyl (C=O) groups excluding carboxylic acids is 1. The van der Waals surface area contributed by atoms with E-state index in [-0.39, 0.29) is 24.8 Å². The van der Waals surface area contributed by atoms with Crippen molar-refractivity contribution in [1.29, 1.82) is 0 Å². The van der Waals surface area contributed by atoms with Gasteiger partial charge in [0.05, 0.1) is 19.3 Å². The van der Waals surface area contributed by atoms with Crippen LogP contribution in [0.1, 0.15) is 19.3 Å². The van der Waals surface area contributed by atoms with Gasteiger partial charge in [0.1, 0.15) is 24.3 Å². The lowest BCUT2D eigenvalue weighted by molar-refractivity contribution is -0.140. The van der Waals surface area contributed by atoms with Crippen LogP contribution >= 0.6 is 0 Å². The van der Waals surface area contributed by atoms with Gasteiger partial charge in [0.2, 0.25) is 0 Å². The van der Waals surface area contributed by atoms with E-state index in [1.807, 2.05) is 0 Å². The highest BCUT2D eigenvalue weighted by molar-refractivity contribution is 5.68. The summed E-state index contributed by atoms with van der Waals surface area (Å²) in [7, 11) is 1.31. The van der Waals surface area contributed by atoms with Gasteiger partial charge in [-0.25, -0.2) is 4.39 Å². The molecule has 0 heterocycles. The Labute approximate surface area is 176 Å². The van der Waals surface area contributed by atoms with E-state index in [0.29, 0.717) is 18.6 Å². The van der Waals surface area contributed by atoms with Crippen molar-refractivity contribution in [3.63, 3.8) is 0 Å². The molecule has 7 heteroatoms. The van der Waals surface area contributed by atoms with Crippen molar-refractivity contribution >= 4 is 5.97 Å². The van der Waals surface area contributed by atoms with Crippen molar-refractivity contribution in [2.24, 2.45) is 0 Å². The van der Waals surface area contributed by atoms with Crippen molar-refractivity contribution in [3.05, 3.63) is 78.7 Å². The highest BCUT2D eigenvalue weighted by atomic mass is 19.1. The van der Waals surface area contributed by atoms with Gasteiger partial charge in [-0.2, -0.15) is 0 Å². The molecule has 0 bridgehead atoms. The summed E-state index contributed by atoms with van der Waals surface area (Å²) in [5.74, 6) is -0.217. The fraction of sp³-hybridized carbons (Fsp3) is 0.348. The number of allylic oxidation sites excluding steroid dienone is 6. The molecule has 3 atom stereocenters. The minimum atomic E-state index is -1.02. The number of hydrogen-bond donors (Lipinski definition) is 3. The van der Waals surface area contributed by atoms with Crippen molar-refractivity contribution in [3.8, 4) is 5.75 Å². The van der Waals surface area contributed by atoms with E-state index < -0.39 is 18.3 Å². The normalized spacial score (nSPS) is 15.2. The minimum Gasteiger partial charge on any atom is -0.491 e. The maximum atomic E-state index is 12.8. The van der Waals surface area contributed by atoms with Crippen LogP contribution in [0, 0.1) is 5.82 Å². The summed E-state index contributed by atoms with van der Waals surface area (Å²) in [4.78, 5) is 11.0. The Hall–Kier alpha value is -2.74. The van der Waals surface area contributed by atoms with Crippen LogP contribution in [0.5, 0.6) is 5.75 Å². The lowest BCUT2D eigenvalue weighted by Gasteiger charge is -2.13. The Morgan fingerprint density at radius 3 is 2.23 bits per heavy atom. The summed E-state index contributed by atoms with van der Waals surface area (Å²) in [5, 5.41) is 29.4. The fourth-order valence-electron chi connectivity index (χ4n) is 2.25. The van der Waals surface area contributed by atoms with Gasteiger partial charge in [0.15, 0.2) is 0 Å². The maximum absolute atomic E-state index is 12.8. The van der Waals surface area contributed by atoms with E-state index in [1.54, 1.807) is 42.5 Å². The average Bonchev–Trinajstić information content (AvgIpc) is 2.74. The van der Waals surface area contributed by atoms with Gasteiger partial charge in [-0.15, -0.1) is 0 Å². The largest absolute Gasteiger partial charge is 0.491 e. The van der Waals surface area contributed by atoms with Gasteiger partial charge in [-0.1, -0.05) is 48.6 Å². The van der Waals surface area contributed by atoms with Crippen molar-refractivity contribution in [2.45, 2.75) is 37.6 Å². The standard InChI is InChI=1S/C23H29FO6/c1-29-23(28)12-8-11-22(27)21(26)10-7-5-3-2-4-6-9-19(25)17-30-20-15-13-18(24)14-16-20/h2-7,9-10,13-16,19,21-22,25-27H,8,11-12,17H2,1H3/b4-2-,5-3+,9-6+,10-7+. The Bertz CT molecular complexity index is 724. The van der Waals surface area contributed by atoms with E-state index in [2.05, 4.69) is 4.74 Å². The lowest BCUT2D eigenvalue weighted by Crippen LogP contribution is -2.23. The third-order valence-electron chi connectivity index (χ3n) is 3.93. The smallest absolute Gasteiger partial charge is 0.305 e. The monoisotopic (exact) mass is 420 g/mol. The molecule has 1 aromatic carbocycles. The molecule has 1 rings (SSSR count). The number of carbonyl (C=O) groups is 1. The molecular weight excluding hydrogens is 391 g/mol. The van der Waals surface area contributed by atoms with Gasteiger partial charge in [-0.3, -0.25) is 4.79 Å². The van der Waals surface area contributed by atoms with E-state index in [4.69, 9.17) is 4.74 Å². The molecule has 0 saturated heterocycles. The first kappa shape index (κ1) is 25.3. The van der Waals surface area contributed by atoms with Crippen LogP contribution in [0.4, 0.5) is 4.39 Å². The fourth-order valence-corrected chi connectivity index (χ4v) is 2.25. The quantitative estimate of drug-likeness (QED) is 0.335. The van der Waals surface area contributed by atoms with Crippen LogP contribution < -0.4 is 4.74 Å². The van der Waals surface area contributed by atoms with Gasteiger partial charge in [-0.05, 0) is 37.1 Å². The number of aliphatic hydroxyl groups is 3. The highest BCUT2D eigenvalue weighted by Gasteiger charge is 2.13. The first-order valence-electron chi connectivity index (χ1n) is 9.60. The zero-order valence-electron chi connectivity index (χ0n) is 16.9. The lowest BCUT2D eigenvalue weighted by atomic mass is 10.1. The predicted molar refractivity (Wildman–Crippen MR) is 112 cm³/mol. The molecule has 0 aromatic heterocycles. The molecule has 3 N–H and O–H groups in total. The SMILES string of the molecule is COC(=O)CCCC(O)C(O)/C=C/C=C/C=C\C=C\C(O)COc1ccc(F)cc1. The number of benzene rings is 1. The minimum absolute atomic E-state index is 0.0500. The molecule has 30 heavy (non-hydrogen) atoms. The number of aliphatic hydroxyl groups excluding tert-OH is 3. The van der Waals surface area contributed by atoms with Gasteiger partial charge in [0.25, 0.3) is 0 Å². The Kier molecular flexibility index (Phi) is 12.8. The van der Waals surface area contributed by atoms with Crippen molar-refractivity contribution in [1.82, 2.24) is 0 Å². The zero-order valence-corrected chi connectivity index (χ0v) is 16.9. The second kappa shape index (κ2) is 15.1. The first-order chi connectivity index (χ1) is 14.4. The first-order valence-corrected chi connectivity index (χ1v) is 9.60. The van der Waals surface area contributed by atoms with Crippen LogP contribution in [0.15, 0.2) is 72.9 Å². The van der Waals surface area contributed by atoms with Crippen LogP contribution in [0.2, 0.25) is 0 Å². The van der Waals surface area contributed by atoms with Gasteiger partial charge in [0, 0.05) is 6.42 Å². The molecule has 0 aliphatic rings. The molecule has 1 aromatic rings. The van der Waals surface area contributed by atoms with E-state index in [1.165, 1.54) is 37.5 Å². The Morgan fingerprint density at radius 1 is 1.00 bits per heavy atom. The van der Waals surface area contributed by atoms with Crippen molar-refractivity contribution < 1.29 is 34.0 Å². The summed E-state index contributed by atoms with van der Waals surface area (Å²) in [6.45, 7) is 0.0500. The molecule has 6 nitrogen and oxygen atoms in total. The average molecular weight is 420 g/mol. The number of hydrogen-bond acceptors (Lipinski definition) is 6. The summed E-state index contributed by atoms with van der Waals surface area (Å²) in [6.07, 6.45) is 11.3. The topological polar surface area (TPSA) is 96.2 Å². The molecule has 0 aliphatic carbocycles. The Morgan fingerprint density at radius 2 is 1.60 bits per heavy atom. The third-order valence-corrected chi connectivity index (χ3v) is 3.93. The summed E-state index contributed by atoms with van der Waals surface area (Å²) >= 11 is 0. The molecule has 0 spiro atoms. The zero-order chi connectivity index (χ0) is 22.2. The van der Waals surface area contributed by atoms with E-state index in [9.17, 15) is 24.5 Å².